The Kier molecular flexibility index (Phi) is 6.52. The standard InChI is InChI=1S/C21H33N3O3/c1-14(19(22)26)27-17-9-6-15(7-10-17)8-11-18(25)23-16-12-20(2,3)24-21(4,5)13-16/h6-7,9-10,14,16,24H,8,11-13H2,1-5H3,(H2,22,26)(H,23,25)/t14-/m0/s1. The molecule has 1 fully saturated rings. The molecule has 0 radical (unpaired) electrons. The Morgan fingerprint density at radius 3 is 2.26 bits per heavy atom. The van der Waals surface area contributed by atoms with Crippen LogP contribution in [0.1, 0.15) is 59.4 Å². The van der Waals surface area contributed by atoms with Gasteiger partial charge in [0.15, 0.2) is 6.10 Å². The van der Waals surface area contributed by atoms with Gasteiger partial charge in [0.1, 0.15) is 5.75 Å². The number of hydrogen-bond acceptors (Lipinski definition) is 4. The smallest absolute Gasteiger partial charge is 0.258 e. The molecule has 6 nitrogen and oxygen atoms in total. The number of nitrogens with one attached hydrogen (secondary N) is 2. The number of rotatable bonds is 7. The van der Waals surface area contributed by atoms with Gasteiger partial charge in [-0.05, 0) is 71.6 Å². The van der Waals surface area contributed by atoms with Gasteiger partial charge in [0.25, 0.3) is 5.91 Å². The molecule has 0 unspecified atom stereocenters. The van der Waals surface area contributed by atoms with Crippen LogP contribution in [-0.4, -0.2) is 35.0 Å². The van der Waals surface area contributed by atoms with Crippen LogP contribution in [0.25, 0.3) is 0 Å². The van der Waals surface area contributed by atoms with E-state index in [1.165, 1.54) is 0 Å². The van der Waals surface area contributed by atoms with Gasteiger partial charge >= 0.3 is 0 Å². The third-order valence-corrected chi connectivity index (χ3v) is 4.83. The molecule has 0 aromatic heterocycles. The lowest BCUT2D eigenvalue weighted by Crippen LogP contribution is -2.62. The zero-order valence-corrected chi connectivity index (χ0v) is 17.1. The van der Waals surface area contributed by atoms with Crippen LogP contribution in [0.3, 0.4) is 0 Å². The predicted molar refractivity (Wildman–Crippen MR) is 107 cm³/mol. The van der Waals surface area contributed by atoms with Crippen molar-refractivity contribution in [2.45, 2.75) is 83.5 Å². The predicted octanol–water partition coefficient (Wildman–Crippen LogP) is 2.30. The molecule has 0 bridgehead atoms. The number of primary amides is 1. The lowest BCUT2D eigenvalue weighted by molar-refractivity contribution is -0.124. The van der Waals surface area contributed by atoms with Crippen molar-refractivity contribution in [2.75, 3.05) is 0 Å². The molecule has 2 rings (SSSR count). The highest BCUT2D eigenvalue weighted by atomic mass is 16.5. The average Bonchev–Trinajstić information content (AvgIpc) is 2.51. The number of hydrogen-bond donors (Lipinski definition) is 3. The minimum absolute atomic E-state index is 0.0115. The van der Waals surface area contributed by atoms with E-state index in [-0.39, 0.29) is 23.0 Å². The molecular weight excluding hydrogens is 342 g/mol. The summed E-state index contributed by atoms with van der Waals surface area (Å²) in [6.45, 7) is 10.3. The largest absolute Gasteiger partial charge is 0.481 e. The van der Waals surface area contributed by atoms with Gasteiger partial charge in [-0.2, -0.15) is 0 Å². The van der Waals surface area contributed by atoms with Gasteiger partial charge in [-0.25, -0.2) is 0 Å². The summed E-state index contributed by atoms with van der Waals surface area (Å²) in [7, 11) is 0. The van der Waals surface area contributed by atoms with Crippen molar-refractivity contribution in [1.29, 1.82) is 0 Å². The van der Waals surface area contributed by atoms with Crippen LogP contribution in [0.5, 0.6) is 5.75 Å². The van der Waals surface area contributed by atoms with E-state index in [1.54, 1.807) is 19.1 Å². The third kappa shape index (κ3) is 6.86. The summed E-state index contributed by atoms with van der Waals surface area (Å²) in [5.41, 5.74) is 6.27. The van der Waals surface area contributed by atoms with E-state index in [4.69, 9.17) is 10.5 Å². The maximum Gasteiger partial charge on any atom is 0.258 e. The zero-order chi connectivity index (χ0) is 20.2. The van der Waals surface area contributed by atoms with Crippen molar-refractivity contribution in [3.05, 3.63) is 29.8 Å². The summed E-state index contributed by atoms with van der Waals surface area (Å²) >= 11 is 0. The molecule has 1 atom stereocenters. The summed E-state index contributed by atoms with van der Waals surface area (Å²) in [4.78, 5) is 23.4. The molecule has 6 heteroatoms. The van der Waals surface area contributed by atoms with Gasteiger partial charge < -0.3 is 21.1 Å². The van der Waals surface area contributed by atoms with Crippen molar-refractivity contribution >= 4 is 11.8 Å². The molecule has 1 aliphatic heterocycles. The van der Waals surface area contributed by atoms with Crippen LogP contribution in [0.4, 0.5) is 0 Å². The Labute approximate surface area is 162 Å². The highest BCUT2D eigenvalue weighted by Crippen LogP contribution is 2.28. The Balaban J connectivity index is 1.82. The molecule has 1 aromatic rings. The van der Waals surface area contributed by atoms with E-state index < -0.39 is 12.0 Å². The maximum atomic E-state index is 12.4. The highest BCUT2D eigenvalue weighted by molar-refractivity contribution is 5.78. The van der Waals surface area contributed by atoms with Gasteiger partial charge in [-0.1, -0.05) is 12.1 Å². The molecule has 1 heterocycles. The lowest BCUT2D eigenvalue weighted by Gasteiger charge is -2.46. The number of carbonyl (C=O) groups excluding carboxylic acids is 2. The molecule has 0 aliphatic carbocycles. The molecule has 4 N–H and O–H groups in total. The fourth-order valence-corrected chi connectivity index (χ4v) is 3.98. The van der Waals surface area contributed by atoms with Crippen molar-refractivity contribution in [3.63, 3.8) is 0 Å². The van der Waals surface area contributed by atoms with Crippen molar-refractivity contribution in [3.8, 4) is 5.75 Å². The van der Waals surface area contributed by atoms with Crippen molar-refractivity contribution in [1.82, 2.24) is 10.6 Å². The first-order valence-electron chi connectivity index (χ1n) is 9.59. The highest BCUT2D eigenvalue weighted by Gasteiger charge is 2.38. The minimum atomic E-state index is -0.667. The van der Waals surface area contributed by atoms with Crippen LogP contribution in [-0.2, 0) is 16.0 Å². The molecule has 0 spiro atoms. The fraction of sp³-hybridized carbons (Fsp3) is 0.619. The summed E-state index contributed by atoms with van der Waals surface area (Å²) in [5.74, 6) is 0.171. The van der Waals surface area contributed by atoms with Crippen molar-refractivity contribution < 1.29 is 14.3 Å². The van der Waals surface area contributed by atoms with E-state index in [9.17, 15) is 9.59 Å². The number of benzene rings is 1. The summed E-state index contributed by atoms with van der Waals surface area (Å²) in [5, 5.41) is 6.82. The second kappa shape index (κ2) is 8.30. The van der Waals surface area contributed by atoms with Crippen LogP contribution in [0.2, 0.25) is 0 Å². The molecule has 1 saturated heterocycles. The van der Waals surface area contributed by atoms with E-state index >= 15 is 0 Å². The SMILES string of the molecule is C[C@H](Oc1ccc(CCC(=O)NC2CC(C)(C)NC(C)(C)C2)cc1)C(N)=O. The van der Waals surface area contributed by atoms with Gasteiger partial charge in [-0.3, -0.25) is 9.59 Å². The number of carbonyl (C=O) groups is 2. The third-order valence-electron chi connectivity index (χ3n) is 4.83. The summed E-state index contributed by atoms with van der Waals surface area (Å²) in [6.07, 6.45) is 2.29. The first-order chi connectivity index (χ1) is 12.5. The Hall–Kier alpha value is -2.08. The molecule has 150 valence electrons. The lowest BCUT2D eigenvalue weighted by atomic mass is 9.79. The fourth-order valence-electron chi connectivity index (χ4n) is 3.98. The zero-order valence-electron chi connectivity index (χ0n) is 17.1. The van der Waals surface area contributed by atoms with E-state index in [0.717, 1.165) is 18.4 Å². The average molecular weight is 376 g/mol. The van der Waals surface area contributed by atoms with Gasteiger partial charge in [0, 0.05) is 23.5 Å². The van der Waals surface area contributed by atoms with Crippen molar-refractivity contribution in [2.24, 2.45) is 5.73 Å². The summed E-state index contributed by atoms with van der Waals surface area (Å²) < 4.78 is 5.44. The number of aryl methyl sites for hydroxylation is 1. The normalized spacial score (nSPS) is 19.9. The van der Waals surface area contributed by atoms with Crippen LogP contribution in [0.15, 0.2) is 24.3 Å². The monoisotopic (exact) mass is 375 g/mol. The first-order valence-corrected chi connectivity index (χ1v) is 9.59. The molecule has 1 aliphatic rings. The summed E-state index contributed by atoms with van der Waals surface area (Å²) in [6, 6.07) is 7.60. The molecule has 27 heavy (non-hydrogen) atoms. The number of nitrogens with two attached hydrogens (primary N) is 1. The maximum absolute atomic E-state index is 12.4. The van der Waals surface area contributed by atoms with Crippen LogP contribution < -0.4 is 21.1 Å². The molecule has 0 saturated carbocycles. The van der Waals surface area contributed by atoms with Crippen LogP contribution >= 0.6 is 0 Å². The quantitative estimate of drug-likeness (QED) is 0.682. The van der Waals surface area contributed by atoms with E-state index in [0.29, 0.717) is 18.6 Å². The number of piperidine rings is 1. The molecular formula is C21H33N3O3. The van der Waals surface area contributed by atoms with Crippen LogP contribution in [0, 0.1) is 0 Å². The topological polar surface area (TPSA) is 93.4 Å². The Bertz CT molecular complexity index is 652. The van der Waals surface area contributed by atoms with Gasteiger partial charge in [0.2, 0.25) is 5.91 Å². The Morgan fingerprint density at radius 2 is 1.74 bits per heavy atom. The van der Waals surface area contributed by atoms with E-state index in [2.05, 4.69) is 38.3 Å². The number of ether oxygens (including phenoxy) is 1. The van der Waals surface area contributed by atoms with E-state index in [1.807, 2.05) is 12.1 Å². The van der Waals surface area contributed by atoms with Gasteiger partial charge in [0.05, 0.1) is 0 Å². The van der Waals surface area contributed by atoms with Gasteiger partial charge in [-0.15, -0.1) is 0 Å². The minimum Gasteiger partial charge on any atom is -0.481 e. The first kappa shape index (κ1) is 21.2. The molecule has 1 aromatic carbocycles. The number of amides is 2. The second-order valence-corrected chi connectivity index (χ2v) is 8.87. The Morgan fingerprint density at radius 1 is 1.19 bits per heavy atom. The molecule has 2 amide bonds. The second-order valence-electron chi connectivity index (χ2n) is 8.87.